The van der Waals surface area contributed by atoms with Gasteiger partial charge in [0.25, 0.3) is 0 Å². The molecule has 0 bridgehead atoms. The quantitative estimate of drug-likeness (QED) is 0.426. The van der Waals surface area contributed by atoms with Gasteiger partial charge in [-0.05, 0) is 42.0 Å². The Balaban J connectivity index is 1.48. The average molecular weight is 453 g/mol. The van der Waals surface area contributed by atoms with Crippen LogP contribution in [0, 0.1) is 5.41 Å². The average Bonchev–Trinajstić information content (AvgIpc) is 3.15. The molecule has 0 saturated carbocycles. The molecule has 1 heterocycles. The van der Waals surface area contributed by atoms with Gasteiger partial charge in [-0.25, -0.2) is 0 Å². The number of carboxylic acid groups (broad SMARTS) is 1. The molecule has 5 rings (SSSR count). The lowest BCUT2D eigenvalue weighted by Crippen LogP contribution is -2.44. The summed E-state index contributed by atoms with van der Waals surface area (Å²) in [6, 6.07) is 27.7. The Hall–Kier alpha value is -3.86. The molecule has 3 aromatic carbocycles. The zero-order chi connectivity index (χ0) is 23.7. The van der Waals surface area contributed by atoms with E-state index in [1.54, 1.807) is 0 Å². The van der Waals surface area contributed by atoms with Crippen LogP contribution in [0.5, 0.6) is 0 Å². The molecule has 4 aromatic rings. The zero-order valence-electron chi connectivity index (χ0n) is 19.2. The van der Waals surface area contributed by atoms with Crippen molar-refractivity contribution in [3.8, 4) is 0 Å². The Morgan fingerprint density at radius 3 is 2.15 bits per heavy atom. The number of aliphatic carboxylic acids is 1. The van der Waals surface area contributed by atoms with Crippen molar-refractivity contribution in [3.63, 3.8) is 0 Å². The molecular formula is C29H28N2O3. The first-order valence-corrected chi connectivity index (χ1v) is 11.7. The summed E-state index contributed by atoms with van der Waals surface area (Å²) in [4.78, 5) is 25.3. The standard InChI is InChI=1S/C29H28N2O3/c1-29(28(34)30-27(20-10-4-2-5-11-20)21-12-6-3-7-13-21)17-16-25-23(18-29)22-14-8-9-15-24(22)31(25)19-26(32)33/h2-15,27H,16-19H2,1H3,(H,30,34)(H,32,33). The maximum absolute atomic E-state index is 13.8. The number of benzene rings is 3. The molecule has 0 spiro atoms. The first-order chi connectivity index (χ1) is 16.5. The van der Waals surface area contributed by atoms with E-state index in [0.29, 0.717) is 19.3 Å². The van der Waals surface area contributed by atoms with Crippen LogP contribution in [0.15, 0.2) is 84.9 Å². The molecule has 1 aliphatic carbocycles. The van der Waals surface area contributed by atoms with Gasteiger partial charge >= 0.3 is 5.97 Å². The molecule has 1 amide bonds. The highest BCUT2D eigenvalue weighted by molar-refractivity contribution is 5.90. The molecule has 172 valence electrons. The number of amides is 1. The van der Waals surface area contributed by atoms with Crippen molar-refractivity contribution in [2.75, 3.05) is 0 Å². The van der Waals surface area contributed by atoms with Crippen molar-refractivity contribution in [2.24, 2.45) is 5.41 Å². The molecule has 2 N–H and O–H groups in total. The number of nitrogens with one attached hydrogen (secondary N) is 1. The van der Waals surface area contributed by atoms with Gasteiger partial charge in [-0.2, -0.15) is 0 Å². The molecule has 1 unspecified atom stereocenters. The van der Waals surface area contributed by atoms with Gasteiger partial charge in [-0.1, -0.05) is 85.8 Å². The molecule has 1 aromatic heterocycles. The van der Waals surface area contributed by atoms with Gasteiger partial charge in [0.2, 0.25) is 5.91 Å². The number of carbonyl (C=O) groups is 2. The summed E-state index contributed by atoms with van der Waals surface area (Å²) < 4.78 is 1.90. The Bertz CT molecular complexity index is 1300. The molecule has 1 aliphatic rings. The minimum absolute atomic E-state index is 0.0194. The molecule has 0 aliphatic heterocycles. The van der Waals surface area contributed by atoms with Crippen LogP contribution in [0.3, 0.4) is 0 Å². The number of para-hydroxylation sites is 1. The van der Waals surface area contributed by atoms with Crippen LogP contribution in [0.2, 0.25) is 0 Å². The Labute approximate surface area is 199 Å². The molecular weight excluding hydrogens is 424 g/mol. The summed E-state index contributed by atoms with van der Waals surface area (Å²) in [5.74, 6) is -0.839. The van der Waals surface area contributed by atoms with E-state index in [4.69, 9.17) is 0 Å². The number of rotatable bonds is 6. The van der Waals surface area contributed by atoms with Crippen LogP contribution < -0.4 is 5.32 Å². The van der Waals surface area contributed by atoms with E-state index in [2.05, 4.69) is 5.32 Å². The van der Waals surface area contributed by atoms with E-state index >= 15 is 0 Å². The second kappa shape index (κ2) is 8.82. The van der Waals surface area contributed by atoms with E-state index in [0.717, 1.165) is 33.3 Å². The van der Waals surface area contributed by atoms with Gasteiger partial charge in [-0.15, -0.1) is 0 Å². The topological polar surface area (TPSA) is 71.3 Å². The fraction of sp³-hybridized carbons (Fsp3) is 0.241. The maximum Gasteiger partial charge on any atom is 0.323 e. The SMILES string of the molecule is CC1(C(=O)NC(c2ccccc2)c2ccccc2)CCc2c(c3ccccc3n2CC(=O)O)C1. The number of hydrogen-bond acceptors (Lipinski definition) is 2. The summed E-state index contributed by atoms with van der Waals surface area (Å²) in [5.41, 5.74) is 4.55. The van der Waals surface area contributed by atoms with Gasteiger partial charge in [0.15, 0.2) is 0 Å². The summed E-state index contributed by atoms with van der Waals surface area (Å²) in [5, 5.41) is 13.8. The summed E-state index contributed by atoms with van der Waals surface area (Å²) >= 11 is 0. The van der Waals surface area contributed by atoms with Gasteiger partial charge in [0, 0.05) is 16.6 Å². The maximum atomic E-state index is 13.8. The lowest BCUT2D eigenvalue weighted by Gasteiger charge is -2.35. The second-order valence-corrected chi connectivity index (χ2v) is 9.39. The second-order valence-electron chi connectivity index (χ2n) is 9.39. The van der Waals surface area contributed by atoms with Crippen molar-refractivity contribution >= 4 is 22.8 Å². The van der Waals surface area contributed by atoms with Crippen LogP contribution >= 0.6 is 0 Å². The normalized spacial score (nSPS) is 17.5. The van der Waals surface area contributed by atoms with Gasteiger partial charge < -0.3 is 15.0 Å². The molecule has 0 fully saturated rings. The summed E-state index contributed by atoms with van der Waals surface area (Å²) in [7, 11) is 0. The zero-order valence-corrected chi connectivity index (χ0v) is 19.2. The minimum Gasteiger partial charge on any atom is -0.480 e. The highest BCUT2D eigenvalue weighted by Crippen LogP contribution is 2.41. The smallest absolute Gasteiger partial charge is 0.323 e. The van der Waals surface area contributed by atoms with E-state index in [1.165, 1.54) is 0 Å². The van der Waals surface area contributed by atoms with Crippen LogP contribution in [-0.4, -0.2) is 21.6 Å². The Morgan fingerprint density at radius 1 is 0.941 bits per heavy atom. The van der Waals surface area contributed by atoms with Crippen molar-refractivity contribution in [2.45, 2.75) is 38.8 Å². The van der Waals surface area contributed by atoms with Crippen molar-refractivity contribution in [3.05, 3.63) is 107 Å². The predicted octanol–water partition coefficient (Wildman–Crippen LogP) is 5.13. The van der Waals surface area contributed by atoms with Gasteiger partial charge in [0.05, 0.1) is 11.5 Å². The fourth-order valence-corrected chi connectivity index (χ4v) is 5.25. The summed E-state index contributed by atoms with van der Waals surface area (Å²) in [6.45, 7) is 1.96. The first kappa shape index (κ1) is 22.0. The Morgan fingerprint density at radius 2 is 1.53 bits per heavy atom. The highest BCUT2D eigenvalue weighted by atomic mass is 16.4. The summed E-state index contributed by atoms with van der Waals surface area (Å²) in [6.07, 6.45) is 1.91. The van der Waals surface area contributed by atoms with E-state index < -0.39 is 11.4 Å². The van der Waals surface area contributed by atoms with E-state index in [1.807, 2.05) is 96.4 Å². The van der Waals surface area contributed by atoms with Gasteiger partial charge in [-0.3, -0.25) is 9.59 Å². The molecule has 5 nitrogen and oxygen atoms in total. The minimum atomic E-state index is -0.858. The number of hydrogen-bond donors (Lipinski definition) is 2. The van der Waals surface area contributed by atoms with Crippen LogP contribution in [0.4, 0.5) is 0 Å². The van der Waals surface area contributed by atoms with E-state index in [9.17, 15) is 14.7 Å². The van der Waals surface area contributed by atoms with Crippen LogP contribution in [0.1, 0.15) is 41.8 Å². The predicted molar refractivity (Wildman–Crippen MR) is 133 cm³/mol. The number of fused-ring (bicyclic) bond motifs is 3. The van der Waals surface area contributed by atoms with Crippen LogP contribution in [-0.2, 0) is 29.0 Å². The first-order valence-electron chi connectivity index (χ1n) is 11.7. The molecule has 5 heteroatoms. The third-order valence-electron chi connectivity index (χ3n) is 7.06. The van der Waals surface area contributed by atoms with Crippen molar-refractivity contribution in [1.29, 1.82) is 0 Å². The van der Waals surface area contributed by atoms with E-state index in [-0.39, 0.29) is 18.5 Å². The lowest BCUT2D eigenvalue weighted by atomic mass is 9.73. The Kier molecular flexibility index (Phi) is 5.70. The molecule has 34 heavy (non-hydrogen) atoms. The van der Waals surface area contributed by atoms with Crippen LogP contribution in [0.25, 0.3) is 10.9 Å². The lowest BCUT2D eigenvalue weighted by molar-refractivity contribution is -0.137. The molecule has 1 atom stereocenters. The number of carbonyl (C=O) groups excluding carboxylic acids is 1. The monoisotopic (exact) mass is 452 g/mol. The van der Waals surface area contributed by atoms with Crippen molar-refractivity contribution in [1.82, 2.24) is 9.88 Å². The van der Waals surface area contributed by atoms with Gasteiger partial charge in [0.1, 0.15) is 6.54 Å². The van der Waals surface area contributed by atoms with Crippen molar-refractivity contribution < 1.29 is 14.7 Å². The number of carboxylic acids is 1. The number of aromatic nitrogens is 1. The third kappa shape index (κ3) is 3.98. The molecule has 0 saturated heterocycles. The number of nitrogens with zero attached hydrogens (tertiary/aromatic N) is 1. The highest BCUT2D eigenvalue weighted by Gasteiger charge is 2.40. The molecule has 0 radical (unpaired) electrons. The largest absolute Gasteiger partial charge is 0.480 e. The fourth-order valence-electron chi connectivity index (χ4n) is 5.25. The third-order valence-corrected chi connectivity index (χ3v) is 7.06.